The van der Waals surface area contributed by atoms with Gasteiger partial charge in [-0.25, -0.2) is 0 Å². The second kappa shape index (κ2) is 59.5. The Hall–Kier alpha value is -0.781. The van der Waals surface area contributed by atoms with E-state index >= 15 is 0 Å². The summed E-state index contributed by atoms with van der Waals surface area (Å²) < 4.78 is 3.31. The van der Waals surface area contributed by atoms with Gasteiger partial charge in [0.15, 0.2) is 0 Å². The molecule has 0 rings (SSSR count). The molecule has 0 saturated heterocycles. The molecule has 0 bridgehead atoms. The molecule has 336 valence electrons. The molecule has 0 radical (unpaired) electrons. The molecular weight excluding hydrogens is 807 g/mol. The molecule has 5 heteroatoms. The standard InChI is InChI=1S/2C18H34O2.2C8H17.Sn/c2*1-2-3-4-5-6-7-8-9-10-11-12-13-14-15-16-17-18(19)20;2*1-3-5-7-8-6-4-2;/h2*9-10H,2-8,11-17H2,1H3,(H,19,20);2*1,3-8H2,2H3;/q;;;;+2/p-2. The van der Waals surface area contributed by atoms with E-state index in [9.17, 15) is 19.8 Å². The topological polar surface area (TPSA) is 80.3 Å². The number of aliphatic carboxylic acids is 2. The van der Waals surface area contributed by atoms with E-state index in [0.717, 1.165) is 38.5 Å². The summed E-state index contributed by atoms with van der Waals surface area (Å²) in [6, 6.07) is 0. The normalized spacial score (nSPS) is 11.0. The first-order chi connectivity index (χ1) is 28.0. The molecule has 0 aliphatic rings. The minimum atomic E-state index is -0.914. The zero-order valence-electron chi connectivity index (χ0n) is 39.1. The first kappa shape index (κ1) is 60.5. The SMILES string of the molecule is CCCCCCCCC=CCCCCCCCC(=O)[O-].CCCCCCCCC=CCCCCCCCC(=O)[O-].CCCCCCC[CH2][Sn+2][CH2]CCCCCCC. The first-order valence-corrected chi connectivity index (χ1v) is 29.4. The summed E-state index contributed by atoms with van der Waals surface area (Å²) in [5.41, 5.74) is 0. The van der Waals surface area contributed by atoms with Crippen LogP contribution in [0.2, 0.25) is 8.87 Å². The fourth-order valence-electron chi connectivity index (χ4n) is 6.87. The molecule has 0 aliphatic heterocycles. The van der Waals surface area contributed by atoms with Crippen LogP contribution in [0.4, 0.5) is 0 Å². The Morgan fingerprint density at radius 1 is 0.316 bits per heavy atom. The van der Waals surface area contributed by atoms with Crippen LogP contribution in [-0.2, 0) is 9.59 Å². The Kier molecular flexibility index (Phi) is 63.2. The molecule has 0 heterocycles. The fraction of sp³-hybridized carbons (Fsp3) is 0.885. The van der Waals surface area contributed by atoms with E-state index in [1.165, 1.54) is 193 Å². The molecule has 0 aliphatic carbocycles. The predicted octanol–water partition coefficient (Wildman–Crippen LogP) is 15.8. The van der Waals surface area contributed by atoms with Crippen LogP contribution in [0.5, 0.6) is 0 Å². The third-order valence-corrected chi connectivity index (χ3v) is 14.7. The summed E-state index contributed by atoms with van der Waals surface area (Å²) in [6.07, 6.45) is 59.6. The fourth-order valence-corrected chi connectivity index (χ4v) is 10.4. The van der Waals surface area contributed by atoms with Gasteiger partial charge in [-0.15, -0.1) is 0 Å². The van der Waals surface area contributed by atoms with E-state index in [4.69, 9.17) is 0 Å². The summed E-state index contributed by atoms with van der Waals surface area (Å²) in [6.45, 7) is 9.11. The van der Waals surface area contributed by atoms with Crippen molar-refractivity contribution in [2.75, 3.05) is 0 Å². The third-order valence-electron chi connectivity index (χ3n) is 10.7. The molecule has 0 fully saturated rings. The van der Waals surface area contributed by atoms with E-state index in [2.05, 4.69) is 52.0 Å². The second-order valence-electron chi connectivity index (χ2n) is 16.7. The molecule has 0 aromatic carbocycles. The van der Waals surface area contributed by atoms with Gasteiger partial charge in [-0.3, -0.25) is 0 Å². The maximum absolute atomic E-state index is 10.2. The number of hydrogen-bond acceptors (Lipinski definition) is 4. The van der Waals surface area contributed by atoms with Crippen LogP contribution in [-0.4, -0.2) is 33.1 Å². The number of rotatable bonds is 44. The van der Waals surface area contributed by atoms with Crippen molar-refractivity contribution in [2.45, 2.75) is 293 Å². The van der Waals surface area contributed by atoms with Gasteiger partial charge in [0, 0.05) is 11.9 Å². The van der Waals surface area contributed by atoms with Crippen molar-refractivity contribution in [2.24, 2.45) is 0 Å². The van der Waals surface area contributed by atoms with Gasteiger partial charge >= 0.3 is 121 Å². The molecule has 0 aromatic rings. The summed E-state index contributed by atoms with van der Waals surface area (Å²) in [7, 11) is 0. The molecule has 0 N–H and O–H groups in total. The van der Waals surface area contributed by atoms with E-state index < -0.39 is 11.9 Å². The van der Waals surface area contributed by atoms with Gasteiger partial charge in [0.2, 0.25) is 0 Å². The van der Waals surface area contributed by atoms with Crippen LogP contribution < -0.4 is 10.2 Å². The van der Waals surface area contributed by atoms with Crippen LogP contribution in [0.15, 0.2) is 24.3 Å². The van der Waals surface area contributed by atoms with Crippen LogP contribution in [0.3, 0.4) is 0 Å². The van der Waals surface area contributed by atoms with Crippen molar-refractivity contribution < 1.29 is 19.8 Å². The van der Waals surface area contributed by atoms with Crippen molar-refractivity contribution in [1.82, 2.24) is 0 Å². The molecule has 0 aromatic heterocycles. The monoisotopic (exact) mass is 909 g/mol. The first-order valence-electron chi connectivity index (χ1n) is 25.4. The minimum absolute atomic E-state index is 0.0736. The van der Waals surface area contributed by atoms with Gasteiger partial charge < -0.3 is 19.8 Å². The van der Waals surface area contributed by atoms with E-state index in [1.54, 1.807) is 21.7 Å². The van der Waals surface area contributed by atoms with E-state index in [1.807, 2.05) is 0 Å². The zero-order chi connectivity index (χ0) is 42.4. The number of hydrogen-bond donors (Lipinski definition) is 0. The number of carboxylic acid groups (broad SMARTS) is 2. The quantitative estimate of drug-likeness (QED) is 0.0346. The Morgan fingerprint density at radius 3 is 0.772 bits per heavy atom. The molecule has 0 spiro atoms. The summed E-state index contributed by atoms with van der Waals surface area (Å²) in [5.74, 6) is -1.83. The maximum atomic E-state index is 10.2. The molecular formula is C52H100O4Sn. The van der Waals surface area contributed by atoms with Gasteiger partial charge in [-0.1, -0.05) is 141 Å². The molecule has 0 unspecified atom stereocenters. The molecule has 0 amide bonds. The zero-order valence-corrected chi connectivity index (χ0v) is 42.0. The summed E-state index contributed by atoms with van der Waals surface area (Å²) in [5, 5.41) is 20.4. The summed E-state index contributed by atoms with van der Waals surface area (Å²) in [4.78, 5) is 20.4. The average molecular weight is 908 g/mol. The number of carbonyl (C=O) groups excluding carboxylic acids is 2. The van der Waals surface area contributed by atoms with Crippen molar-refractivity contribution in [1.29, 1.82) is 0 Å². The molecule has 57 heavy (non-hydrogen) atoms. The average Bonchev–Trinajstić information content (AvgIpc) is 3.20. The molecule has 0 saturated carbocycles. The van der Waals surface area contributed by atoms with Crippen LogP contribution in [0, 0.1) is 0 Å². The van der Waals surface area contributed by atoms with Crippen molar-refractivity contribution in [3.63, 3.8) is 0 Å². The van der Waals surface area contributed by atoms with Crippen molar-refractivity contribution >= 4 is 33.1 Å². The Labute approximate surface area is 368 Å². The van der Waals surface area contributed by atoms with Gasteiger partial charge in [-0.05, 0) is 77.0 Å². The van der Waals surface area contributed by atoms with Crippen LogP contribution >= 0.6 is 0 Å². The number of unbranched alkanes of at least 4 members (excludes halogenated alkanes) is 32. The second-order valence-corrected chi connectivity index (χ2v) is 21.0. The van der Waals surface area contributed by atoms with Crippen LogP contribution in [0.1, 0.15) is 285 Å². The van der Waals surface area contributed by atoms with Gasteiger partial charge in [-0.2, -0.15) is 0 Å². The summed E-state index contributed by atoms with van der Waals surface area (Å²) >= 11 is 0.0736. The third kappa shape index (κ3) is 70.1. The van der Waals surface area contributed by atoms with Crippen molar-refractivity contribution in [3.8, 4) is 0 Å². The Morgan fingerprint density at radius 2 is 0.526 bits per heavy atom. The Bertz CT molecular complexity index is 731. The van der Waals surface area contributed by atoms with Crippen molar-refractivity contribution in [3.05, 3.63) is 24.3 Å². The number of carbonyl (C=O) groups is 2. The number of allylic oxidation sites excluding steroid dienone is 4. The van der Waals surface area contributed by atoms with Crippen LogP contribution in [0.25, 0.3) is 0 Å². The van der Waals surface area contributed by atoms with E-state index in [0.29, 0.717) is 0 Å². The van der Waals surface area contributed by atoms with E-state index in [-0.39, 0.29) is 34.0 Å². The molecule has 4 nitrogen and oxygen atoms in total. The predicted molar refractivity (Wildman–Crippen MR) is 251 cm³/mol. The number of carboxylic acids is 2. The Balaban J connectivity index is -0.000000771. The van der Waals surface area contributed by atoms with Gasteiger partial charge in [0.25, 0.3) is 0 Å². The molecule has 0 atom stereocenters. The van der Waals surface area contributed by atoms with Gasteiger partial charge in [0.1, 0.15) is 0 Å². The van der Waals surface area contributed by atoms with Gasteiger partial charge in [0.05, 0.1) is 0 Å².